The Morgan fingerprint density at radius 2 is 1.83 bits per heavy atom. The van der Waals surface area contributed by atoms with Gasteiger partial charge in [0.1, 0.15) is 23.8 Å². The van der Waals surface area contributed by atoms with Gasteiger partial charge in [-0.2, -0.15) is 0 Å². The van der Waals surface area contributed by atoms with E-state index in [2.05, 4.69) is 26.3 Å². The maximum Gasteiger partial charge on any atom is 0.243 e. The Bertz CT molecular complexity index is 1310. The highest BCUT2D eigenvalue weighted by molar-refractivity contribution is 5.95. The highest BCUT2D eigenvalue weighted by atomic mass is 16.2. The number of nitrogens with one attached hydrogen (secondary N) is 3. The number of rotatable bonds is 5. The monoisotopic (exact) mass is 564 g/mol. The van der Waals surface area contributed by atoms with Crippen LogP contribution in [0.15, 0.2) is 36.5 Å². The molecule has 3 N–H and O–H groups in total. The van der Waals surface area contributed by atoms with Crippen molar-refractivity contribution in [2.24, 2.45) is 5.92 Å². The zero-order chi connectivity index (χ0) is 29.1. The van der Waals surface area contributed by atoms with Gasteiger partial charge >= 0.3 is 0 Å². The molecule has 41 heavy (non-hydrogen) atoms. The topological polar surface area (TPSA) is 159 Å². The summed E-state index contributed by atoms with van der Waals surface area (Å²) >= 11 is 0. The van der Waals surface area contributed by atoms with E-state index in [9.17, 15) is 24.0 Å². The molecule has 3 aliphatic heterocycles. The van der Waals surface area contributed by atoms with E-state index >= 15 is 0 Å². The summed E-state index contributed by atoms with van der Waals surface area (Å²) in [4.78, 5) is 69.0. The Morgan fingerprint density at radius 3 is 2.54 bits per heavy atom. The molecule has 13 nitrogen and oxygen atoms in total. The third-order valence-electron chi connectivity index (χ3n) is 7.94. The first-order chi connectivity index (χ1) is 19.7. The number of carbonyl (C=O) groups is 5. The van der Waals surface area contributed by atoms with Gasteiger partial charge in [-0.25, -0.2) is 4.68 Å². The van der Waals surface area contributed by atoms with Crippen LogP contribution < -0.4 is 16.0 Å². The minimum absolute atomic E-state index is 0.0749. The molecule has 0 saturated carbocycles. The molecular weight excluding hydrogens is 528 g/mol. The number of hydrogen-bond acceptors (Lipinski definition) is 7. The lowest BCUT2D eigenvalue weighted by Gasteiger charge is -2.29. The van der Waals surface area contributed by atoms with Crippen LogP contribution >= 0.6 is 0 Å². The van der Waals surface area contributed by atoms with Gasteiger partial charge in [-0.3, -0.25) is 24.0 Å². The Morgan fingerprint density at radius 1 is 1.05 bits per heavy atom. The molecule has 1 aromatic heterocycles. The molecule has 4 atom stereocenters. The smallest absolute Gasteiger partial charge is 0.243 e. The SMILES string of the molecule is CC(C)[C@@H]1NC(=O)[C@@H]2C[C@@H](CN2C(=O)CN2CCCC2=O)n2cc(nn2)CNC(=O)[C@@H](Cc2ccccc2)NC1=O. The van der Waals surface area contributed by atoms with E-state index in [1.807, 2.05) is 30.3 Å². The third kappa shape index (κ3) is 6.39. The molecule has 3 aliphatic rings. The fraction of sp³-hybridized carbons (Fsp3) is 0.536. The molecule has 5 rings (SSSR count). The van der Waals surface area contributed by atoms with Crippen LogP contribution in [0, 0.1) is 5.92 Å². The predicted molar refractivity (Wildman–Crippen MR) is 146 cm³/mol. The molecule has 0 unspecified atom stereocenters. The van der Waals surface area contributed by atoms with Crippen LogP contribution in [0.2, 0.25) is 0 Å². The standard InChI is InChI=1S/C28H36N8O5/c1-17(2)25-28(41)30-21(11-18-7-4-3-5-8-18)26(39)29-13-19-14-36(33-32-19)20-12-22(27(40)31-25)35(15-20)24(38)16-34-10-6-9-23(34)37/h3-5,7-8,14,17,20-22,25H,6,9-13,15-16H2,1-2H3,(H,29,39)(H,30,41)(H,31,40)/t20-,21+,22-,25-/m0/s1. The van der Waals surface area contributed by atoms with Gasteiger partial charge in [0.2, 0.25) is 29.5 Å². The lowest BCUT2D eigenvalue weighted by Crippen LogP contribution is -2.58. The van der Waals surface area contributed by atoms with Crippen molar-refractivity contribution in [3.05, 3.63) is 47.8 Å². The molecule has 1 aromatic carbocycles. The number of fused-ring (bicyclic) bond motifs is 5. The summed E-state index contributed by atoms with van der Waals surface area (Å²) in [5.41, 5.74) is 1.37. The molecule has 0 aliphatic carbocycles. The number of hydrogen-bond donors (Lipinski definition) is 3. The van der Waals surface area contributed by atoms with Crippen LogP contribution in [-0.4, -0.2) is 92.1 Å². The maximum absolute atomic E-state index is 13.7. The fourth-order valence-electron chi connectivity index (χ4n) is 5.63. The van der Waals surface area contributed by atoms with Gasteiger partial charge in [0.15, 0.2) is 0 Å². The first-order valence-electron chi connectivity index (χ1n) is 14.1. The summed E-state index contributed by atoms with van der Waals surface area (Å²) in [6.45, 7) is 4.32. The van der Waals surface area contributed by atoms with Crippen molar-refractivity contribution in [3.8, 4) is 0 Å². The molecule has 0 radical (unpaired) electrons. The number of carbonyl (C=O) groups excluding carboxylic acids is 5. The minimum Gasteiger partial charge on any atom is -0.349 e. The van der Waals surface area contributed by atoms with Gasteiger partial charge < -0.3 is 25.8 Å². The first-order valence-corrected chi connectivity index (χ1v) is 14.1. The van der Waals surface area contributed by atoms with E-state index in [1.165, 1.54) is 9.80 Å². The molecule has 2 fully saturated rings. The summed E-state index contributed by atoms with van der Waals surface area (Å²) in [6.07, 6.45) is 3.33. The largest absolute Gasteiger partial charge is 0.349 e. The van der Waals surface area contributed by atoms with E-state index in [-0.39, 0.29) is 62.2 Å². The normalized spacial score (nSPS) is 25.4. The first kappa shape index (κ1) is 28.2. The molecule has 218 valence electrons. The van der Waals surface area contributed by atoms with Gasteiger partial charge in [-0.1, -0.05) is 49.4 Å². The van der Waals surface area contributed by atoms with Crippen molar-refractivity contribution in [1.29, 1.82) is 0 Å². The van der Waals surface area contributed by atoms with E-state index in [4.69, 9.17) is 0 Å². The molecule has 4 heterocycles. The molecule has 4 bridgehead atoms. The second-order valence-electron chi connectivity index (χ2n) is 11.3. The lowest BCUT2D eigenvalue weighted by atomic mass is 10.00. The summed E-state index contributed by atoms with van der Waals surface area (Å²) in [5, 5.41) is 16.9. The van der Waals surface area contributed by atoms with Crippen LogP contribution in [0.3, 0.4) is 0 Å². The summed E-state index contributed by atoms with van der Waals surface area (Å²) in [5.74, 6) is -2.04. The van der Waals surface area contributed by atoms with Gasteiger partial charge in [-0.15, -0.1) is 5.10 Å². The summed E-state index contributed by atoms with van der Waals surface area (Å²) < 4.78 is 1.61. The number of amides is 5. The van der Waals surface area contributed by atoms with Crippen LogP contribution in [0.4, 0.5) is 0 Å². The second kappa shape index (κ2) is 12.1. The average Bonchev–Trinajstić information content (AvgIpc) is 3.70. The average molecular weight is 565 g/mol. The van der Waals surface area contributed by atoms with E-state index in [0.717, 1.165) is 5.56 Å². The van der Waals surface area contributed by atoms with Gasteiger partial charge in [0, 0.05) is 32.4 Å². The van der Waals surface area contributed by atoms with E-state index < -0.39 is 29.9 Å². The quantitative estimate of drug-likeness (QED) is 0.443. The third-order valence-corrected chi connectivity index (χ3v) is 7.94. The Balaban J connectivity index is 1.42. The van der Waals surface area contributed by atoms with E-state index in [0.29, 0.717) is 25.1 Å². The molecule has 0 spiro atoms. The predicted octanol–water partition coefficient (Wildman–Crippen LogP) is -0.459. The van der Waals surface area contributed by atoms with Gasteiger partial charge in [-0.05, 0) is 17.9 Å². The second-order valence-corrected chi connectivity index (χ2v) is 11.3. The van der Waals surface area contributed by atoms with Crippen molar-refractivity contribution in [2.45, 2.75) is 70.2 Å². The molecule has 2 saturated heterocycles. The van der Waals surface area contributed by atoms with Crippen molar-refractivity contribution >= 4 is 29.5 Å². The zero-order valence-electron chi connectivity index (χ0n) is 23.3. The highest BCUT2D eigenvalue weighted by Gasteiger charge is 2.43. The van der Waals surface area contributed by atoms with Crippen LogP contribution in [0.1, 0.15) is 50.4 Å². The fourth-order valence-corrected chi connectivity index (χ4v) is 5.63. The number of benzene rings is 1. The van der Waals surface area contributed by atoms with E-state index in [1.54, 1.807) is 24.7 Å². The van der Waals surface area contributed by atoms with Crippen molar-refractivity contribution < 1.29 is 24.0 Å². The minimum atomic E-state index is -0.938. The highest BCUT2D eigenvalue weighted by Crippen LogP contribution is 2.28. The molecule has 2 aromatic rings. The van der Waals surface area contributed by atoms with Crippen LogP contribution in [0.25, 0.3) is 0 Å². The number of aromatic nitrogens is 3. The van der Waals surface area contributed by atoms with Crippen molar-refractivity contribution in [1.82, 2.24) is 40.7 Å². The molecular formula is C28H36N8O5. The summed E-state index contributed by atoms with van der Waals surface area (Å²) in [7, 11) is 0. The molecule has 5 amide bonds. The number of nitrogens with zero attached hydrogens (tertiary/aromatic N) is 5. The maximum atomic E-state index is 13.7. The lowest BCUT2D eigenvalue weighted by molar-refractivity contribution is -0.143. The number of likely N-dealkylation sites (tertiary alicyclic amines) is 2. The van der Waals surface area contributed by atoms with Gasteiger partial charge in [0.05, 0.1) is 25.3 Å². The van der Waals surface area contributed by atoms with Crippen LogP contribution in [0.5, 0.6) is 0 Å². The summed E-state index contributed by atoms with van der Waals surface area (Å²) in [6, 6.07) is 6.30. The Labute approximate surface area is 238 Å². The zero-order valence-corrected chi connectivity index (χ0v) is 23.3. The van der Waals surface area contributed by atoms with Gasteiger partial charge in [0.25, 0.3) is 0 Å². The Kier molecular flexibility index (Phi) is 8.31. The van der Waals surface area contributed by atoms with Crippen molar-refractivity contribution in [2.75, 3.05) is 19.6 Å². The van der Waals surface area contributed by atoms with Crippen molar-refractivity contribution in [3.63, 3.8) is 0 Å². The van der Waals surface area contributed by atoms with Crippen LogP contribution in [-0.2, 0) is 36.9 Å². The molecule has 13 heteroatoms. The Hall–Kier alpha value is -4.29.